The summed E-state index contributed by atoms with van der Waals surface area (Å²) in [7, 11) is -3.74. The Morgan fingerprint density at radius 1 is 1.09 bits per heavy atom. The van der Waals surface area contributed by atoms with E-state index in [4.69, 9.17) is 5.73 Å². The molecule has 0 radical (unpaired) electrons. The number of nitrogens with zero attached hydrogens (tertiary/aromatic N) is 5. The molecule has 0 aromatic carbocycles. The van der Waals surface area contributed by atoms with Crippen molar-refractivity contribution < 1.29 is 8.42 Å². The molecule has 3 heterocycles. The summed E-state index contributed by atoms with van der Waals surface area (Å²) in [5.41, 5.74) is 5.84. The average Bonchev–Trinajstić information content (AvgIpc) is 2.91. The first kappa shape index (κ1) is 15.5. The molecule has 0 amide bonds. The van der Waals surface area contributed by atoms with Gasteiger partial charge in [-0.1, -0.05) is 6.42 Å². The number of rotatable bonds is 3. The molecule has 0 aliphatic carbocycles. The van der Waals surface area contributed by atoms with Crippen LogP contribution in [0.3, 0.4) is 0 Å². The molecule has 0 saturated carbocycles. The number of nitrogen functional groups attached to an aromatic ring is 1. The summed E-state index contributed by atoms with van der Waals surface area (Å²) in [6.07, 6.45) is 6.13. The molecule has 3 rings (SSSR count). The van der Waals surface area contributed by atoms with E-state index in [-0.39, 0.29) is 12.0 Å². The smallest absolute Gasteiger partial charge is 0.326 e. The molecular formula is C13H24N6O2S. The second-order valence-corrected chi connectivity index (χ2v) is 7.83. The van der Waals surface area contributed by atoms with Gasteiger partial charge in [-0.05, 0) is 39.0 Å². The van der Waals surface area contributed by atoms with Gasteiger partial charge in [0, 0.05) is 25.7 Å². The Labute approximate surface area is 131 Å². The van der Waals surface area contributed by atoms with Crippen LogP contribution in [0.5, 0.6) is 0 Å². The van der Waals surface area contributed by atoms with Crippen molar-refractivity contribution in [3.8, 4) is 0 Å². The maximum absolute atomic E-state index is 12.8. The van der Waals surface area contributed by atoms with Gasteiger partial charge in [-0.3, -0.25) is 0 Å². The fraction of sp³-hybridized carbons (Fsp3) is 0.846. The third kappa shape index (κ3) is 2.79. The van der Waals surface area contributed by atoms with Gasteiger partial charge in [0.15, 0.2) is 0 Å². The molecule has 22 heavy (non-hydrogen) atoms. The van der Waals surface area contributed by atoms with Crippen LogP contribution < -0.4 is 10.6 Å². The van der Waals surface area contributed by atoms with Crippen LogP contribution in [0.4, 0.5) is 11.9 Å². The lowest BCUT2D eigenvalue weighted by Crippen LogP contribution is -2.45. The molecule has 1 unspecified atom stereocenters. The Balaban J connectivity index is 1.88. The van der Waals surface area contributed by atoms with E-state index in [1.165, 1.54) is 10.7 Å². The monoisotopic (exact) mass is 328 g/mol. The summed E-state index contributed by atoms with van der Waals surface area (Å²) in [5, 5.41) is 4.19. The number of aromatic nitrogens is 3. The Morgan fingerprint density at radius 2 is 1.77 bits per heavy atom. The van der Waals surface area contributed by atoms with Crippen molar-refractivity contribution in [2.24, 2.45) is 0 Å². The molecule has 8 nitrogen and oxygen atoms in total. The largest absolute Gasteiger partial charge is 0.367 e. The highest BCUT2D eigenvalue weighted by molar-refractivity contribution is 7.87. The maximum atomic E-state index is 12.8. The SMILES string of the molecule is CC1CCCCN1S(=O)(=O)n1nc(N2CCCCC2)nc1N. The molecule has 9 heteroatoms. The lowest BCUT2D eigenvalue weighted by Gasteiger charge is -2.31. The first-order chi connectivity index (χ1) is 10.5. The van der Waals surface area contributed by atoms with Crippen molar-refractivity contribution in [1.29, 1.82) is 0 Å². The van der Waals surface area contributed by atoms with Crippen molar-refractivity contribution >= 4 is 22.1 Å². The first-order valence-electron chi connectivity index (χ1n) is 8.00. The minimum Gasteiger partial charge on any atom is -0.367 e. The fourth-order valence-electron chi connectivity index (χ4n) is 3.21. The first-order valence-corrected chi connectivity index (χ1v) is 9.39. The van der Waals surface area contributed by atoms with Crippen LogP contribution in [-0.4, -0.2) is 52.6 Å². The van der Waals surface area contributed by atoms with E-state index in [1.807, 2.05) is 11.8 Å². The lowest BCUT2D eigenvalue weighted by molar-refractivity contribution is 0.265. The van der Waals surface area contributed by atoms with Crippen LogP contribution >= 0.6 is 0 Å². The van der Waals surface area contributed by atoms with Crippen LogP contribution in [0.15, 0.2) is 0 Å². The second-order valence-electron chi connectivity index (χ2n) is 6.12. The van der Waals surface area contributed by atoms with Gasteiger partial charge in [0.05, 0.1) is 0 Å². The molecule has 2 fully saturated rings. The minimum absolute atomic E-state index is 0.0270. The van der Waals surface area contributed by atoms with Crippen molar-refractivity contribution in [3.05, 3.63) is 0 Å². The quantitative estimate of drug-likeness (QED) is 0.882. The highest BCUT2D eigenvalue weighted by atomic mass is 32.2. The average molecular weight is 328 g/mol. The zero-order valence-electron chi connectivity index (χ0n) is 13.0. The summed E-state index contributed by atoms with van der Waals surface area (Å²) in [6, 6.07) is -0.0270. The zero-order chi connectivity index (χ0) is 15.7. The number of hydrogen-bond acceptors (Lipinski definition) is 6. The van der Waals surface area contributed by atoms with Gasteiger partial charge < -0.3 is 10.6 Å². The van der Waals surface area contributed by atoms with E-state index in [0.29, 0.717) is 12.5 Å². The van der Waals surface area contributed by atoms with Crippen molar-refractivity contribution in [2.75, 3.05) is 30.3 Å². The van der Waals surface area contributed by atoms with Gasteiger partial charge in [0.25, 0.3) is 0 Å². The Morgan fingerprint density at radius 3 is 2.45 bits per heavy atom. The van der Waals surface area contributed by atoms with Gasteiger partial charge in [0.2, 0.25) is 11.9 Å². The number of nitrogens with two attached hydrogens (primary N) is 1. The van der Waals surface area contributed by atoms with Gasteiger partial charge in [-0.2, -0.15) is 17.7 Å². The predicted molar refractivity (Wildman–Crippen MR) is 84.8 cm³/mol. The number of hydrogen-bond donors (Lipinski definition) is 1. The maximum Gasteiger partial charge on any atom is 0.326 e. The molecule has 124 valence electrons. The standard InChI is InChI=1S/C13H24N6O2S/c1-11-7-3-6-10-18(11)22(20,21)19-12(14)15-13(16-19)17-8-4-2-5-9-17/h11H,2-10H2,1H3,(H2,14,15,16). The molecule has 0 spiro atoms. The second kappa shape index (κ2) is 6.04. The molecular weight excluding hydrogens is 304 g/mol. The minimum atomic E-state index is -3.74. The summed E-state index contributed by atoms with van der Waals surface area (Å²) in [5.74, 6) is 0.365. The zero-order valence-corrected chi connectivity index (χ0v) is 13.8. The third-order valence-corrected chi connectivity index (χ3v) is 6.33. The third-order valence-electron chi connectivity index (χ3n) is 4.49. The Bertz CT molecular complexity index is 622. The van der Waals surface area contributed by atoms with E-state index in [0.717, 1.165) is 49.3 Å². The Kier molecular flexibility index (Phi) is 4.26. The number of piperidine rings is 2. The van der Waals surface area contributed by atoms with Crippen molar-refractivity contribution in [3.63, 3.8) is 0 Å². The van der Waals surface area contributed by atoms with Crippen LogP contribution in [-0.2, 0) is 10.2 Å². The predicted octanol–water partition coefficient (Wildman–Crippen LogP) is 0.818. The molecule has 1 atom stereocenters. The molecule has 0 bridgehead atoms. The van der Waals surface area contributed by atoms with Gasteiger partial charge >= 0.3 is 10.2 Å². The van der Waals surface area contributed by atoms with E-state index in [2.05, 4.69) is 10.1 Å². The fourth-order valence-corrected chi connectivity index (χ4v) is 4.78. The van der Waals surface area contributed by atoms with Crippen LogP contribution in [0.1, 0.15) is 45.4 Å². The highest BCUT2D eigenvalue weighted by Gasteiger charge is 2.34. The molecule has 2 aliphatic rings. The van der Waals surface area contributed by atoms with E-state index < -0.39 is 10.2 Å². The van der Waals surface area contributed by atoms with Crippen molar-refractivity contribution in [2.45, 2.75) is 51.5 Å². The van der Waals surface area contributed by atoms with Crippen molar-refractivity contribution in [1.82, 2.24) is 18.5 Å². The van der Waals surface area contributed by atoms with E-state index in [9.17, 15) is 8.42 Å². The molecule has 1 aromatic rings. The Hall–Kier alpha value is -1.35. The summed E-state index contributed by atoms with van der Waals surface area (Å²) in [6.45, 7) is 4.14. The van der Waals surface area contributed by atoms with Gasteiger partial charge in [-0.15, -0.1) is 9.19 Å². The molecule has 2 N–H and O–H groups in total. The lowest BCUT2D eigenvalue weighted by atomic mass is 10.1. The van der Waals surface area contributed by atoms with Crippen LogP contribution in [0.25, 0.3) is 0 Å². The number of anilines is 2. The topological polar surface area (TPSA) is 97.4 Å². The summed E-state index contributed by atoms with van der Waals surface area (Å²) >= 11 is 0. The van der Waals surface area contributed by atoms with E-state index >= 15 is 0 Å². The van der Waals surface area contributed by atoms with E-state index in [1.54, 1.807) is 0 Å². The molecule has 2 aliphatic heterocycles. The summed E-state index contributed by atoms with van der Waals surface area (Å²) < 4.78 is 28.0. The van der Waals surface area contributed by atoms with Gasteiger partial charge in [-0.25, -0.2) is 0 Å². The molecule has 1 aromatic heterocycles. The highest BCUT2D eigenvalue weighted by Crippen LogP contribution is 2.24. The normalized spacial score (nSPS) is 24.6. The van der Waals surface area contributed by atoms with Gasteiger partial charge in [0.1, 0.15) is 0 Å². The van der Waals surface area contributed by atoms with Crippen LogP contribution in [0, 0.1) is 0 Å². The molecule has 2 saturated heterocycles. The van der Waals surface area contributed by atoms with Crippen LogP contribution in [0.2, 0.25) is 0 Å². The summed E-state index contributed by atoms with van der Waals surface area (Å²) in [4.78, 5) is 6.18.